The molecule has 0 aliphatic carbocycles. The summed E-state index contributed by atoms with van der Waals surface area (Å²) in [5.41, 5.74) is 1.08. The summed E-state index contributed by atoms with van der Waals surface area (Å²) < 4.78 is 0. The van der Waals surface area contributed by atoms with Crippen molar-refractivity contribution in [3.05, 3.63) is 18.6 Å². The zero-order chi connectivity index (χ0) is 10.5. The van der Waals surface area contributed by atoms with Gasteiger partial charge in [0.1, 0.15) is 0 Å². The molecule has 1 nitrogen and oxygen atoms in total. The molecule has 0 aromatic carbocycles. The van der Waals surface area contributed by atoms with Crippen molar-refractivity contribution in [2.24, 2.45) is 11.3 Å². The fourth-order valence-corrected chi connectivity index (χ4v) is 1.17. The van der Waals surface area contributed by atoms with Crippen molar-refractivity contribution in [3.63, 3.8) is 0 Å². The summed E-state index contributed by atoms with van der Waals surface area (Å²) in [5.74, 6) is 0.346. The molecule has 0 aromatic heterocycles. The van der Waals surface area contributed by atoms with Gasteiger partial charge in [-0.2, -0.15) is 0 Å². The molecule has 76 valence electrons. The van der Waals surface area contributed by atoms with Gasteiger partial charge in [-0.3, -0.25) is 0 Å². The number of hydrogen-bond donors (Lipinski definition) is 1. The van der Waals surface area contributed by atoms with Crippen LogP contribution in [0.2, 0.25) is 0 Å². The maximum Gasteiger partial charge on any atom is 0.0461 e. The van der Waals surface area contributed by atoms with Gasteiger partial charge in [0.2, 0.25) is 0 Å². The number of hydrogen-bond acceptors (Lipinski definition) is 1. The van der Waals surface area contributed by atoms with E-state index in [1.54, 1.807) is 0 Å². The van der Waals surface area contributed by atoms with E-state index in [0.29, 0.717) is 5.92 Å². The largest absolute Gasteiger partial charge is 0.396 e. The van der Waals surface area contributed by atoms with Crippen molar-refractivity contribution in [1.29, 1.82) is 0 Å². The van der Waals surface area contributed by atoms with Gasteiger partial charge in [0.05, 0.1) is 0 Å². The SMILES string of the molecule is [CH]/C(C)=C\CCC(C)(C)C(C)CO. The summed E-state index contributed by atoms with van der Waals surface area (Å²) in [7, 11) is 0. The molecule has 0 spiro atoms. The first-order valence-electron chi connectivity index (χ1n) is 4.93. The van der Waals surface area contributed by atoms with Crippen LogP contribution in [0.4, 0.5) is 0 Å². The van der Waals surface area contributed by atoms with Crippen LogP contribution in [0.15, 0.2) is 11.6 Å². The third-order valence-electron chi connectivity index (χ3n) is 2.86. The smallest absolute Gasteiger partial charge is 0.0461 e. The van der Waals surface area contributed by atoms with Gasteiger partial charge in [-0.1, -0.05) is 32.4 Å². The lowest BCUT2D eigenvalue weighted by atomic mass is 9.77. The van der Waals surface area contributed by atoms with Crippen LogP contribution in [0.1, 0.15) is 40.5 Å². The van der Waals surface area contributed by atoms with Crippen molar-refractivity contribution < 1.29 is 5.11 Å². The van der Waals surface area contributed by atoms with Gasteiger partial charge in [0.25, 0.3) is 0 Å². The van der Waals surface area contributed by atoms with Crippen molar-refractivity contribution in [2.45, 2.75) is 40.5 Å². The van der Waals surface area contributed by atoms with Gasteiger partial charge in [0.15, 0.2) is 0 Å². The standard InChI is InChI=1S/C12H22O/c1-10(2)7-6-8-12(4,5)11(3)9-13/h1,7,11,13H,6,8-9H2,2-5H3/b10-7+. The minimum Gasteiger partial charge on any atom is -0.396 e. The Bertz CT molecular complexity index is 164. The van der Waals surface area contributed by atoms with Crippen LogP contribution < -0.4 is 0 Å². The van der Waals surface area contributed by atoms with Crippen LogP contribution in [0.25, 0.3) is 0 Å². The van der Waals surface area contributed by atoms with Gasteiger partial charge in [-0.15, -0.1) is 0 Å². The molecule has 0 aliphatic rings. The molecule has 2 radical (unpaired) electrons. The zero-order valence-electron chi connectivity index (χ0n) is 9.30. The lowest BCUT2D eigenvalue weighted by Gasteiger charge is -2.30. The molecule has 1 unspecified atom stereocenters. The van der Waals surface area contributed by atoms with Crippen LogP contribution in [0.3, 0.4) is 0 Å². The normalized spacial score (nSPS) is 16.0. The molecule has 1 heteroatoms. The lowest BCUT2D eigenvalue weighted by Crippen LogP contribution is -2.24. The predicted molar refractivity (Wildman–Crippen MR) is 57.3 cm³/mol. The summed E-state index contributed by atoms with van der Waals surface area (Å²) >= 11 is 0. The Labute approximate surface area is 82.9 Å². The molecule has 0 heterocycles. The van der Waals surface area contributed by atoms with Crippen LogP contribution in [0.5, 0.6) is 0 Å². The maximum atomic E-state index is 9.04. The average Bonchev–Trinajstić information content (AvgIpc) is 2.01. The quantitative estimate of drug-likeness (QED) is 0.692. The Kier molecular flexibility index (Phi) is 5.31. The van der Waals surface area contributed by atoms with Crippen LogP contribution >= 0.6 is 0 Å². The number of rotatable bonds is 5. The Morgan fingerprint density at radius 1 is 1.54 bits per heavy atom. The summed E-state index contributed by atoms with van der Waals surface area (Å²) in [4.78, 5) is 0. The highest BCUT2D eigenvalue weighted by molar-refractivity contribution is 5.01. The van der Waals surface area contributed by atoms with Crippen molar-refractivity contribution in [3.8, 4) is 0 Å². The number of aliphatic hydroxyl groups excluding tert-OH is 1. The molecule has 0 saturated carbocycles. The molecule has 0 fully saturated rings. The van der Waals surface area contributed by atoms with E-state index in [4.69, 9.17) is 12.0 Å². The average molecular weight is 182 g/mol. The third-order valence-corrected chi connectivity index (χ3v) is 2.86. The van der Waals surface area contributed by atoms with E-state index in [0.717, 1.165) is 18.4 Å². The summed E-state index contributed by atoms with van der Waals surface area (Å²) in [6.45, 7) is 14.2. The lowest BCUT2D eigenvalue weighted by molar-refractivity contribution is 0.124. The summed E-state index contributed by atoms with van der Waals surface area (Å²) in [5, 5.41) is 9.04. The Morgan fingerprint density at radius 2 is 2.08 bits per heavy atom. The first-order chi connectivity index (χ1) is 5.90. The van der Waals surface area contributed by atoms with Crippen LogP contribution in [-0.4, -0.2) is 11.7 Å². The Balaban J connectivity index is 3.96. The van der Waals surface area contributed by atoms with Crippen molar-refractivity contribution in [1.82, 2.24) is 0 Å². The second-order valence-electron chi connectivity index (χ2n) is 4.56. The van der Waals surface area contributed by atoms with Gasteiger partial charge in [-0.05, 0) is 38.0 Å². The van der Waals surface area contributed by atoms with E-state index in [1.807, 2.05) is 13.0 Å². The minimum absolute atomic E-state index is 0.195. The molecular weight excluding hydrogens is 160 g/mol. The van der Waals surface area contributed by atoms with E-state index < -0.39 is 0 Å². The van der Waals surface area contributed by atoms with E-state index in [2.05, 4.69) is 20.8 Å². The number of allylic oxidation sites excluding steroid dienone is 2. The highest BCUT2D eigenvalue weighted by atomic mass is 16.3. The highest BCUT2D eigenvalue weighted by Gasteiger charge is 2.23. The molecule has 0 aliphatic heterocycles. The van der Waals surface area contributed by atoms with Gasteiger partial charge in [-0.25, -0.2) is 0 Å². The number of aliphatic hydroxyl groups is 1. The topological polar surface area (TPSA) is 20.2 Å². The third kappa shape index (κ3) is 5.09. The van der Waals surface area contributed by atoms with Crippen molar-refractivity contribution in [2.75, 3.05) is 6.61 Å². The zero-order valence-corrected chi connectivity index (χ0v) is 9.30. The fraction of sp³-hybridized carbons (Fsp3) is 0.750. The second-order valence-corrected chi connectivity index (χ2v) is 4.56. The monoisotopic (exact) mass is 182 g/mol. The molecule has 0 bridgehead atoms. The molecule has 1 N–H and O–H groups in total. The molecule has 0 rings (SSSR count). The predicted octanol–water partition coefficient (Wildman–Crippen LogP) is 3.08. The van der Waals surface area contributed by atoms with Gasteiger partial charge < -0.3 is 5.11 Å². The van der Waals surface area contributed by atoms with E-state index >= 15 is 0 Å². The Hall–Kier alpha value is -0.300. The molecule has 0 aromatic rings. The Morgan fingerprint density at radius 3 is 2.46 bits per heavy atom. The minimum atomic E-state index is 0.195. The first-order valence-corrected chi connectivity index (χ1v) is 4.93. The van der Waals surface area contributed by atoms with E-state index in [9.17, 15) is 0 Å². The van der Waals surface area contributed by atoms with Gasteiger partial charge in [0, 0.05) is 6.61 Å². The summed E-state index contributed by atoms with van der Waals surface area (Å²) in [6, 6.07) is 0. The molecular formula is C12H22O. The van der Waals surface area contributed by atoms with Crippen LogP contribution in [0, 0.1) is 18.3 Å². The molecule has 13 heavy (non-hydrogen) atoms. The highest BCUT2D eigenvalue weighted by Crippen LogP contribution is 2.31. The van der Waals surface area contributed by atoms with E-state index in [1.165, 1.54) is 0 Å². The first kappa shape index (κ1) is 12.7. The molecule has 0 saturated heterocycles. The maximum absolute atomic E-state index is 9.04. The van der Waals surface area contributed by atoms with Crippen molar-refractivity contribution >= 4 is 0 Å². The molecule has 1 atom stereocenters. The van der Waals surface area contributed by atoms with Crippen LogP contribution in [-0.2, 0) is 0 Å². The van der Waals surface area contributed by atoms with E-state index in [-0.39, 0.29) is 12.0 Å². The fourth-order valence-electron chi connectivity index (χ4n) is 1.17. The summed E-state index contributed by atoms with van der Waals surface area (Å²) in [6.07, 6.45) is 4.12. The second kappa shape index (κ2) is 5.43. The molecule has 0 amide bonds. The van der Waals surface area contributed by atoms with Gasteiger partial charge >= 0.3 is 0 Å².